The largest absolute Gasteiger partial charge is 0.467 e. The molecule has 0 aliphatic carbocycles. The number of methoxy groups -OCH3 is 1. The summed E-state index contributed by atoms with van der Waals surface area (Å²) in [7, 11) is 3.03. The highest BCUT2D eigenvalue weighted by atomic mass is 16.6. The van der Waals surface area contributed by atoms with Gasteiger partial charge in [-0.2, -0.15) is 0 Å². The first-order chi connectivity index (χ1) is 29.7. The van der Waals surface area contributed by atoms with Gasteiger partial charge in [0.15, 0.2) is 0 Å². The summed E-state index contributed by atoms with van der Waals surface area (Å²) in [6, 6.07) is 22.5. The zero-order valence-corrected chi connectivity index (χ0v) is 36.2. The number of aryl methyl sites for hydroxylation is 2. The van der Waals surface area contributed by atoms with E-state index in [1.165, 1.54) is 12.0 Å². The highest BCUT2D eigenvalue weighted by molar-refractivity contribution is 5.96. The Morgan fingerprint density at radius 2 is 1.27 bits per heavy atom. The lowest BCUT2D eigenvalue weighted by Crippen LogP contribution is -2.61. The van der Waals surface area contributed by atoms with Crippen molar-refractivity contribution in [2.24, 2.45) is 7.05 Å². The number of hydrogen-bond donors (Lipinski definition) is 4. The van der Waals surface area contributed by atoms with E-state index in [0.29, 0.717) is 31.4 Å². The van der Waals surface area contributed by atoms with Crippen molar-refractivity contribution in [3.05, 3.63) is 126 Å². The first kappa shape index (κ1) is 46.6. The normalized spacial score (nSPS) is 15.8. The number of ether oxygens (including phenoxy) is 2. The van der Waals surface area contributed by atoms with Crippen molar-refractivity contribution in [3.63, 3.8) is 0 Å². The molecule has 1 aromatic heterocycles. The zero-order chi connectivity index (χ0) is 44.6. The average Bonchev–Trinajstić information content (AvgIpc) is 3.67. The number of rotatable bonds is 18. The Morgan fingerprint density at radius 1 is 0.710 bits per heavy atom. The number of carbonyl (C=O) groups excluding carboxylic acids is 6. The molecule has 4 aromatic rings. The Kier molecular flexibility index (Phi) is 16.8. The van der Waals surface area contributed by atoms with Crippen LogP contribution >= 0.6 is 0 Å². The lowest BCUT2D eigenvalue weighted by atomic mass is 9.97. The molecule has 15 nitrogen and oxygen atoms in total. The monoisotopic (exact) mass is 849 g/mol. The molecule has 3 aromatic carbocycles. The van der Waals surface area contributed by atoms with Gasteiger partial charge in [0.1, 0.15) is 35.8 Å². The average molecular weight is 850 g/mol. The Labute approximate surface area is 363 Å². The van der Waals surface area contributed by atoms with Crippen molar-refractivity contribution in [1.29, 1.82) is 0 Å². The zero-order valence-electron chi connectivity index (χ0n) is 36.2. The maximum atomic E-state index is 14.5. The summed E-state index contributed by atoms with van der Waals surface area (Å²) >= 11 is 0. The molecular weight excluding hydrogens is 791 g/mol. The Balaban J connectivity index is 1.39. The van der Waals surface area contributed by atoms with Gasteiger partial charge in [-0.15, -0.1) is 0 Å². The molecule has 1 aliphatic rings. The number of alkyl carbamates (subject to hydrolysis) is 1. The van der Waals surface area contributed by atoms with E-state index >= 15 is 0 Å². The van der Waals surface area contributed by atoms with Crippen molar-refractivity contribution in [2.75, 3.05) is 13.7 Å². The van der Waals surface area contributed by atoms with Crippen LogP contribution in [-0.4, -0.2) is 99.6 Å². The van der Waals surface area contributed by atoms with Gasteiger partial charge in [0.2, 0.25) is 23.6 Å². The van der Waals surface area contributed by atoms with E-state index in [9.17, 15) is 28.8 Å². The minimum absolute atomic E-state index is 0.0776. The van der Waals surface area contributed by atoms with E-state index < -0.39 is 71.5 Å². The second-order valence-electron chi connectivity index (χ2n) is 16.6. The minimum Gasteiger partial charge on any atom is -0.467 e. The number of carbonyl (C=O) groups is 6. The fraction of sp³-hybridized carbons (Fsp3) is 0.426. The molecule has 0 radical (unpaired) electrons. The van der Waals surface area contributed by atoms with E-state index in [-0.39, 0.29) is 32.2 Å². The van der Waals surface area contributed by atoms with Crippen LogP contribution in [0.15, 0.2) is 104 Å². The van der Waals surface area contributed by atoms with Gasteiger partial charge in [-0.05, 0) is 69.6 Å². The summed E-state index contributed by atoms with van der Waals surface area (Å²) in [5.74, 6) is -2.88. The summed E-state index contributed by atoms with van der Waals surface area (Å²) < 4.78 is 12.3. The second-order valence-corrected chi connectivity index (χ2v) is 16.6. The van der Waals surface area contributed by atoms with Crippen LogP contribution in [0.4, 0.5) is 4.79 Å². The number of nitrogens with zero attached hydrogens (tertiary/aromatic N) is 3. The minimum atomic E-state index is -1.17. The number of likely N-dealkylation sites (tertiary alicyclic amines) is 1. The molecule has 5 atom stereocenters. The number of hydrogen-bond acceptors (Lipinski definition) is 9. The standard InChI is InChI=1S/C47H59N7O8/c1-47(2,3)62-46(60)52-38(29-35-30-48-31-53(35)4)44(58)54-26-16-15-23-40(54)43(57)50-37(27-33-19-11-7-12-20-33)42(56)49-36(25-24-32-17-9-6-10-18-32)41(55)51-39(45(59)61-5)28-34-21-13-8-14-22-34/h6-14,17-22,30-31,36-40H,15-16,23-29H2,1-5H3,(H,49,56)(H,50,57)(H,51,55)(H,52,60)/t36-,37-,38-,39-,40+/m0/s1. The molecule has 0 bridgehead atoms. The van der Waals surface area contributed by atoms with E-state index in [1.807, 2.05) is 91.0 Å². The lowest BCUT2D eigenvalue weighted by molar-refractivity contribution is -0.145. The molecule has 4 N–H and O–H groups in total. The smallest absolute Gasteiger partial charge is 0.408 e. The van der Waals surface area contributed by atoms with E-state index in [4.69, 9.17) is 9.47 Å². The quantitative estimate of drug-likeness (QED) is 0.107. The van der Waals surface area contributed by atoms with E-state index in [1.54, 1.807) is 44.9 Å². The summed E-state index contributed by atoms with van der Waals surface area (Å²) in [5, 5.41) is 11.4. The highest BCUT2D eigenvalue weighted by Crippen LogP contribution is 2.21. The van der Waals surface area contributed by atoms with Crippen molar-refractivity contribution in [1.82, 2.24) is 35.7 Å². The van der Waals surface area contributed by atoms with Crippen LogP contribution in [0.2, 0.25) is 0 Å². The van der Waals surface area contributed by atoms with Crippen molar-refractivity contribution in [2.45, 2.75) is 108 Å². The SMILES string of the molecule is COC(=O)[C@H](Cc1ccccc1)NC(=O)[C@H](CCc1ccccc1)NC(=O)[C@H](Cc1ccccc1)NC(=O)[C@H]1CCCCN1C(=O)[C@H](Cc1cncn1C)NC(=O)OC(C)(C)C. The summed E-state index contributed by atoms with van der Waals surface area (Å²) in [6.07, 6.45) is 4.96. The van der Waals surface area contributed by atoms with Gasteiger partial charge in [0.05, 0.1) is 13.4 Å². The number of imidazole rings is 1. The van der Waals surface area contributed by atoms with Crippen molar-refractivity contribution < 1.29 is 38.2 Å². The van der Waals surface area contributed by atoms with Crippen LogP contribution in [0.3, 0.4) is 0 Å². The first-order valence-electron chi connectivity index (χ1n) is 21.1. The van der Waals surface area contributed by atoms with Gasteiger partial charge < -0.3 is 40.2 Å². The van der Waals surface area contributed by atoms with Crippen molar-refractivity contribution in [3.8, 4) is 0 Å². The lowest BCUT2D eigenvalue weighted by Gasteiger charge is -2.37. The Morgan fingerprint density at radius 3 is 1.84 bits per heavy atom. The summed E-state index contributed by atoms with van der Waals surface area (Å²) in [5.41, 5.74) is 2.35. The highest BCUT2D eigenvalue weighted by Gasteiger charge is 2.39. The molecule has 2 heterocycles. The van der Waals surface area contributed by atoms with Gasteiger partial charge >= 0.3 is 12.1 Å². The van der Waals surface area contributed by atoms with Crippen LogP contribution < -0.4 is 21.3 Å². The van der Waals surface area contributed by atoms with Crippen LogP contribution in [0.1, 0.15) is 68.8 Å². The molecule has 0 unspecified atom stereocenters. The second kappa shape index (κ2) is 22.4. The molecule has 5 amide bonds. The third kappa shape index (κ3) is 14.0. The maximum absolute atomic E-state index is 14.5. The third-order valence-corrected chi connectivity index (χ3v) is 10.6. The predicted octanol–water partition coefficient (Wildman–Crippen LogP) is 3.98. The van der Waals surface area contributed by atoms with Crippen molar-refractivity contribution >= 4 is 35.7 Å². The third-order valence-electron chi connectivity index (χ3n) is 10.6. The molecule has 0 saturated carbocycles. The van der Waals surface area contributed by atoms with Gasteiger partial charge in [-0.1, -0.05) is 91.0 Å². The van der Waals surface area contributed by atoms with E-state index in [0.717, 1.165) is 16.7 Å². The molecule has 1 saturated heterocycles. The predicted molar refractivity (Wildman–Crippen MR) is 232 cm³/mol. The van der Waals surface area contributed by atoms with Gasteiger partial charge in [0.25, 0.3) is 0 Å². The first-order valence-corrected chi connectivity index (χ1v) is 21.1. The number of piperidine rings is 1. The summed E-state index contributed by atoms with van der Waals surface area (Å²) in [4.78, 5) is 89.1. The molecule has 5 rings (SSSR count). The number of aromatic nitrogens is 2. The molecule has 1 fully saturated rings. The fourth-order valence-electron chi connectivity index (χ4n) is 7.39. The molecule has 0 spiro atoms. The molecule has 15 heteroatoms. The van der Waals surface area contributed by atoms with E-state index in [2.05, 4.69) is 26.3 Å². The van der Waals surface area contributed by atoms with Crippen LogP contribution in [0.25, 0.3) is 0 Å². The van der Waals surface area contributed by atoms with Crippen LogP contribution in [-0.2, 0) is 66.2 Å². The molecule has 1 aliphatic heterocycles. The number of benzene rings is 3. The molecular formula is C47H59N7O8. The molecule has 330 valence electrons. The maximum Gasteiger partial charge on any atom is 0.408 e. The van der Waals surface area contributed by atoms with Gasteiger partial charge in [0, 0.05) is 44.7 Å². The Hall–Kier alpha value is -6.51. The van der Waals surface area contributed by atoms with Gasteiger partial charge in [-0.3, -0.25) is 19.2 Å². The number of nitrogens with one attached hydrogen (secondary N) is 4. The van der Waals surface area contributed by atoms with Gasteiger partial charge in [-0.25, -0.2) is 14.6 Å². The topological polar surface area (TPSA) is 190 Å². The number of amides is 5. The van der Waals surface area contributed by atoms with Crippen LogP contribution in [0.5, 0.6) is 0 Å². The van der Waals surface area contributed by atoms with Crippen LogP contribution in [0, 0.1) is 0 Å². The Bertz CT molecular complexity index is 2110. The fourth-order valence-corrected chi connectivity index (χ4v) is 7.39. The summed E-state index contributed by atoms with van der Waals surface area (Å²) in [6.45, 7) is 5.41. The molecule has 62 heavy (non-hydrogen) atoms. The number of esters is 1.